The second kappa shape index (κ2) is 6.55. The molecule has 0 fully saturated rings. The zero-order valence-corrected chi connectivity index (χ0v) is 13.5. The second-order valence-electron chi connectivity index (χ2n) is 4.96. The molecule has 0 aliphatic rings. The maximum atomic E-state index is 12.5. The lowest BCUT2D eigenvalue weighted by Gasteiger charge is -2.18. The fourth-order valence-electron chi connectivity index (χ4n) is 2.09. The fraction of sp³-hybridized carbons (Fsp3) is 0.176. The van der Waals surface area contributed by atoms with Crippen LogP contribution in [0, 0.1) is 18.3 Å². The molecular weight excluding hydrogens is 328 g/mol. The molecule has 0 atom stereocenters. The largest absolute Gasteiger partial charge is 0.337 e. The van der Waals surface area contributed by atoms with Gasteiger partial charge in [0.25, 0.3) is 5.91 Å². The Morgan fingerprint density at radius 3 is 2.76 bits per heavy atom. The van der Waals surface area contributed by atoms with Crippen LogP contribution in [-0.2, 0) is 6.54 Å². The highest BCUT2D eigenvalue weighted by molar-refractivity contribution is 9.10. The van der Waals surface area contributed by atoms with Gasteiger partial charge in [-0.15, -0.1) is 0 Å². The molecule has 0 spiro atoms. The van der Waals surface area contributed by atoms with Crippen LogP contribution in [0.3, 0.4) is 0 Å². The lowest BCUT2D eigenvalue weighted by molar-refractivity contribution is 0.0784. The summed E-state index contributed by atoms with van der Waals surface area (Å²) in [5.41, 5.74) is 3.23. The Balaban J connectivity index is 2.19. The summed E-state index contributed by atoms with van der Waals surface area (Å²) in [5, 5.41) is 8.91. The van der Waals surface area contributed by atoms with Crippen LogP contribution in [0.1, 0.15) is 27.0 Å². The highest BCUT2D eigenvalue weighted by Crippen LogP contribution is 2.20. The predicted octanol–water partition coefficient (Wildman–Crippen LogP) is 3.90. The summed E-state index contributed by atoms with van der Waals surface area (Å²) in [6, 6.07) is 15.1. The van der Waals surface area contributed by atoms with Gasteiger partial charge in [0.05, 0.1) is 17.2 Å². The van der Waals surface area contributed by atoms with Gasteiger partial charge in [-0.05, 0) is 52.7 Å². The molecule has 2 rings (SSSR count). The maximum absolute atomic E-state index is 12.5. The lowest BCUT2D eigenvalue weighted by Crippen LogP contribution is -2.26. The molecule has 106 valence electrons. The second-order valence-corrected chi connectivity index (χ2v) is 5.81. The van der Waals surface area contributed by atoms with E-state index in [9.17, 15) is 4.79 Å². The molecule has 0 unspecified atom stereocenters. The summed E-state index contributed by atoms with van der Waals surface area (Å²) in [5.74, 6) is -0.0482. The van der Waals surface area contributed by atoms with E-state index >= 15 is 0 Å². The van der Waals surface area contributed by atoms with Crippen LogP contribution < -0.4 is 0 Å². The minimum absolute atomic E-state index is 0.0482. The highest BCUT2D eigenvalue weighted by atomic mass is 79.9. The molecule has 0 heterocycles. The summed E-state index contributed by atoms with van der Waals surface area (Å²) in [6.07, 6.45) is 0. The van der Waals surface area contributed by atoms with Crippen molar-refractivity contribution < 1.29 is 4.79 Å². The first-order chi connectivity index (χ1) is 10.0. The number of nitriles is 1. The number of hydrogen-bond acceptors (Lipinski definition) is 2. The molecule has 0 saturated carbocycles. The summed E-state index contributed by atoms with van der Waals surface area (Å²) in [4.78, 5) is 14.2. The van der Waals surface area contributed by atoms with Gasteiger partial charge >= 0.3 is 0 Å². The van der Waals surface area contributed by atoms with Gasteiger partial charge in [0.1, 0.15) is 0 Å². The van der Waals surface area contributed by atoms with Crippen molar-refractivity contribution in [3.63, 3.8) is 0 Å². The number of nitrogens with zero attached hydrogens (tertiary/aromatic N) is 2. The van der Waals surface area contributed by atoms with Crippen molar-refractivity contribution in [2.45, 2.75) is 13.5 Å². The van der Waals surface area contributed by atoms with Gasteiger partial charge in [-0.3, -0.25) is 4.79 Å². The number of amides is 1. The Morgan fingerprint density at radius 2 is 2.05 bits per heavy atom. The van der Waals surface area contributed by atoms with Crippen molar-refractivity contribution in [2.75, 3.05) is 7.05 Å². The third kappa shape index (κ3) is 3.71. The molecule has 0 bridgehead atoms. The molecule has 0 N–H and O–H groups in total. The van der Waals surface area contributed by atoms with Gasteiger partial charge in [-0.25, -0.2) is 0 Å². The molecule has 21 heavy (non-hydrogen) atoms. The van der Waals surface area contributed by atoms with E-state index in [1.807, 2.05) is 37.3 Å². The van der Waals surface area contributed by atoms with Crippen LogP contribution in [0.25, 0.3) is 0 Å². The Hall–Kier alpha value is -2.12. The van der Waals surface area contributed by atoms with Crippen molar-refractivity contribution in [3.05, 3.63) is 69.2 Å². The predicted molar refractivity (Wildman–Crippen MR) is 85.8 cm³/mol. The van der Waals surface area contributed by atoms with Gasteiger partial charge in [0.2, 0.25) is 0 Å². The Bertz CT molecular complexity index is 719. The molecule has 0 aliphatic carbocycles. The van der Waals surface area contributed by atoms with Crippen LogP contribution in [0.15, 0.2) is 46.9 Å². The Kier molecular flexibility index (Phi) is 4.77. The Morgan fingerprint density at radius 1 is 1.29 bits per heavy atom. The average Bonchev–Trinajstić information content (AvgIpc) is 2.49. The molecular formula is C17H15BrN2O. The number of carbonyl (C=O) groups is 1. The smallest absolute Gasteiger partial charge is 0.255 e. The normalized spacial score (nSPS) is 10.0. The van der Waals surface area contributed by atoms with E-state index in [2.05, 4.69) is 22.0 Å². The quantitative estimate of drug-likeness (QED) is 0.848. The van der Waals surface area contributed by atoms with Gasteiger partial charge < -0.3 is 4.90 Å². The van der Waals surface area contributed by atoms with E-state index in [4.69, 9.17) is 5.26 Å². The van der Waals surface area contributed by atoms with Crippen LogP contribution >= 0.6 is 15.9 Å². The van der Waals surface area contributed by atoms with Gasteiger partial charge in [-0.1, -0.05) is 23.8 Å². The summed E-state index contributed by atoms with van der Waals surface area (Å²) >= 11 is 3.42. The molecule has 3 nitrogen and oxygen atoms in total. The van der Waals surface area contributed by atoms with Crippen molar-refractivity contribution in [1.29, 1.82) is 5.26 Å². The third-order valence-corrected chi connectivity index (χ3v) is 3.87. The molecule has 0 aliphatic heterocycles. The number of halogens is 1. The van der Waals surface area contributed by atoms with Crippen LogP contribution in [0.5, 0.6) is 0 Å². The third-order valence-electron chi connectivity index (χ3n) is 3.17. The van der Waals surface area contributed by atoms with E-state index in [1.54, 1.807) is 24.1 Å². The van der Waals surface area contributed by atoms with Crippen molar-refractivity contribution in [1.82, 2.24) is 4.90 Å². The first kappa shape index (κ1) is 15.3. The molecule has 2 aromatic rings. The molecule has 1 amide bonds. The van der Waals surface area contributed by atoms with Crippen LogP contribution in [0.2, 0.25) is 0 Å². The molecule has 4 heteroatoms. The SMILES string of the molecule is Cc1ccc(Br)c(C(=O)N(C)Cc2cccc(C#N)c2)c1. The summed E-state index contributed by atoms with van der Waals surface area (Å²) in [6.45, 7) is 2.42. The standard InChI is InChI=1S/C17H15BrN2O/c1-12-6-7-16(18)15(8-12)17(21)20(2)11-14-5-3-4-13(9-14)10-19/h3-9H,11H2,1-2H3. The summed E-state index contributed by atoms with van der Waals surface area (Å²) < 4.78 is 0.788. The van der Waals surface area contributed by atoms with E-state index in [0.29, 0.717) is 17.7 Å². The number of hydrogen-bond donors (Lipinski definition) is 0. The average molecular weight is 343 g/mol. The molecule has 0 saturated heterocycles. The minimum atomic E-state index is -0.0482. The topological polar surface area (TPSA) is 44.1 Å². The lowest BCUT2D eigenvalue weighted by atomic mass is 10.1. The van der Waals surface area contributed by atoms with Gasteiger partial charge in [0, 0.05) is 18.1 Å². The number of benzene rings is 2. The zero-order valence-electron chi connectivity index (χ0n) is 11.9. The Labute approximate surface area is 132 Å². The molecule has 0 aromatic heterocycles. The number of aryl methyl sites for hydroxylation is 1. The minimum Gasteiger partial charge on any atom is -0.337 e. The maximum Gasteiger partial charge on any atom is 0.255 e. The van der Waals surface area contributed by atoms with E-state index in [0.717, 1.165) is 15.6 Å². The van der Waals surface area contributed by atoms with Gasteiger partial charge in [0.15, 0.2) is 0 Å². The zero-order chi connectivity index (χ0) is 15.4. The fourth-order valence-corrected chi connectivity index (χ4v) is 2.51. The van der Waals surface area contributed by atoms with Crippen molar-refractivity contribution in [3.8, 4) is 6.07 Å². The highest BCUT2D eigenvalue weighted by Gasteiger charge is 2.15. The van der Waals surface area contributed by atoms with Crippen LogP contribution in [-0.4, -0.2) is 17.9 Å². The molecule has 2 aromatic carbocycles. The van der Waals surface area contributed by atoms with E-state index in [1.165, 1.54) is 0 Å². The van der Waals surface area contributed by atoms with Gasteiger partial charge in [-0.2, -0.15) is 5.26 Å². The number of rotatable bonds is 3. The first-order valence-electron chi connectivity index (χ1n) is 6.52. The first-order valence-corrected chi connectivity index (χ1v) is 7.31. The van der Waals surface area contributed by atoms with Crippen molar-refractivity contribution in [2.24, 2.45) is 0 Å². The van der Waals surface area contributed by atoms with E-state index < -0.39 is 0 Å². The monoisotopic (exact) mass is 342 g/mol. The van der Waals surface area contributed by atoms with E-state index in [-0.39, 0.29) is 5.91 Å². The number of carbonyl (C=O) groups excluding carboxylic acids is 1. The summed E-state index contributed by atoms with van der Waals surface area (Å²) in [7, 11) is 1.76. The van der Waals surface area contributed by atoms with Crippen molar-refractivity contribution >= 4 is 21.8 Å². The molecule has 0 radical (unpaired) electrons. The van der Waals surface area contributed by atoms with Crippen LogP contribution in [0.4, 0.5) is 0 Å².